The van der Waals surface area contributed by atoms with Crippen LogP contribution in [0.15, 0.2) is 36.5 Å². The molecule has 2 N–H and O–H groups in total. The van der Waals surface area contributed by atoms with Crippen LogP contribution in [-0.2, 0) is 4.79 Å². The maximum atomic E-state index is 12.8. The number of nitrogens with zero attached hydrogens (tertiary/aromatic N) is 1. The van der Waals surface area contributed by atoms with Crippen molar-refractivity contribution in [1.29, 1.82) is 0 Å². The lowest BCUT2D eigenvalue weighted by Crippen LogP contribution is -2.47. The van der Waals surface area contributed by atoms with Gasteiger partial charge in [0, 0.05) is 18.1 Å². The molecular weight excluding hydrogens is 262 g/mol. The minimum absolute atomic E-state index is 0.119. The Balaban J connectivity index is 1.89. The molecule has 1 fully saturated rings. The molecule has 1 saturated heterocycles. The Morgan fingerprint density at radius 1 is 1.38 bits per heavy atom. The summed E-state index contributed by atoms with van der Waals surface area (Å²) in [6.07, 6.45) is 4.63. The molecule has 0 spiro atoms. The summed E-state index contributed by atoms with van der Waals surface area (Å²) in [5.41, 5.74) is 1.47. The van der Waals surface area contributed by atoms with Crippen LogP contribution in [0.3, 0.4) is 0 Å². The summed E-state index contributed by atoms with van der Waals surface area (Å²) in [5, 5.41) is 7.47. The van der Waals surface area contributed by atoms with Crippen molar-refractivity contribution in [2.45, 2.75) is 26.2 Å². The van der Waals surface area contributed by atoms with Crippen LogP contribution < -0.4 is 10.6 Å². The number of piperidine rings is 1. The van der Waals surface area contributed by atoms with Crippen LogP contribution in [0.5, 0.6) is 0 Å². The molecule has 1 unspecified atom stereocenters. The number of amides is 1. The maximum Gasteiger partial charge on any atom is 0.231 e. The van der Waals surface area contributed by atoms with E-state index < -0.39 is 0 Å². The molecule has 0 bridgehead atoms. The van der Waals surface area contributed by atoms with Crippen molar-refractivity contribution < 1.29 is 4.79 Å². The monoisotopic (exact) mass is 283 g/mol. The molecule has 1 aliphatic heterocycles. The van der Waals surface area contributed by atoms with Gasteiger partial charge >= 0.3 is 0 Å². The Labute approximate surface area is 125 Å². The van der Waals surface area contributed by atoms with Crippen LogP contribution in [0, 0.1) is 5.41 Å². The quantitative estimate of drug-likeness (QED) is 0.910. The average molecular weight is 283 g/mol. The first-order valence-electron chi connectivity index (χ1n) is 7.61. The number of hydrogen-bond donors (Lipinski definition) is 2. The third kappa shape index (κ3) is 2.63. The zero-order valence-electron chi connectivity index (χ0n) is 12.4. The van der Waals surface area contributed by atoms with E-state index in [-0.39, 0.29) is 11.3 Å². The molecule has 1 aromatic heterocycles. The third-order valence-corrected chi connectivity index (χ3v) is 4.52. The van der Waals surface area contributed by atoms with Gasteiger partial charge in [-0.3, -0.25) is 9.78 Å². The number of hydrogen-bond acceptors (Lipinski definition) is 3. The molecule has 0 saturated carbocycles. The van der Waals surface area contributed by atoms with Crippen LogP contribution in [0.2, 0.25) is 0 Å². The fraction of sp³-hybridized carbons (Fsp3) is 0.412. The van der Waals surface area contributed by atoms with Gasteiger partial charge in [-0.2, -0.15) is 0 Å². The molecule has 3 rings (SSSR count). The number of aromatic nitrogens is 1. The van der Waals surface area contributed by atoms with Gasteiger partial charge in [0.05, 0.1) is 16.6 Å². The second kappa shape index (κ2) is 5.82. The lowest BCUT2D eigenvalue weighted by Gasteiger charge is -2.35. The number of carbonyl (C=O) groups excluding carboxylic acids is 1. The molecule has 110 valence electrons. The molecule has 2 aromatic rings. The third-order valence-electron chi connectivity index (χ3n) is 4.52. The Bertz CT molecular complexity index is 642. The number of nitrogens with one attached hydrogen (secondary N) is 2. The van der Waals surface area contributed by atoms with E-state index in [2.05, 4.69) is 22.5 Å². The van der Waals surface area contributed by atoms with Crippen molar-refractivity contribution in [3.63, 3.8) is 0 Å². The maximum absolute atomic E-state index is 12.8. The van der Waals surface area contributed by atoms with Crippen LogP contribution in [-0.4, -0.2) is 24.0 Å². The Morgan fingerprint density at radius 3 is 3.05 bits per heavy atom. The van der Waals surface area contributed by atoms with E-state index in [1.165, 1.54) is 0 Å². The van der Waals surface area contributed by atoms with Gasteiger partial charge in [-0.15, -0.1) is 0 Å². The summed E-state index contributed by atoms with van der Waals surface area (Å²) >= 11 is 0. The molecule has 4 nitrogen and oxygen atoms in total. The number of benzene rings is 1. The van der Waals surface area contributed by atoms with Gasteiger partial charge in [-0.05, 0) is 50.1 Å². The van der Waals surface area contributed by atoms with E-state index >= 15 is 0 Å². The number of rotatable bonds is 3. The minimum atomic E-state index is -0.289. The summed E-state index contributed by atoms with van der Waals surface area (Å²) < 4.78 is 0. The number of anilines is 1. The van der Waals surface area contributed by atoms with Crippen molar-refractivity contribution >= 4 is 22.5 Å². The van der Waals surface area contributed by atoms with Crippen molar-refractivity contribution in [3.8, 4) is 0 Å². The molecule has 0 aliphatic carbocycles. The number of pyridine rings is 1. The van der Waals surface area contributed by atoms with E-state index in [9.17, 15) is 4.79 Å². The van der Waals surface area contributed by atoms with Crippen molar-refractivity contribution in [2.75, 3.05) is 18.4 Å². The van der Waals surface area contributed by atoms with E-state index in [0.29, 0.717) is 0 Å². The summed E-state index contributed by atoms with van der Waals surface area (Å²) in [6, 6.07) is 9.73. The highest BCUT2D eigenvalue weighted by atomic mass is 16.2. The topological polar surface area (TPSA) is 54.0 Å². The highest BCUT2D eigenvalue weighted by molar-refractivity contribution is 6.03. The van der Waals surface area contributed by atoms with E-state index in [4.69, 9.17) is 0 Å². The largest absolute Gasteiger partial charge is 0.325 e. The van der Waals surface area contributed by atoms with Gasteiger partial charge in [-0.1, -0.05) is 13.0 Å². The molecule has 4 heteroatoms. The molecule has 1 amide bonds. The standard InChI is InChI=1S/C17H21N3O/c1-2-17(9-5-10-18-12-17)16(21)20-15-8-3-7-14-13(15)6-4-11-19-14/h3-4,6-8,11,18H,2,5,9-10,12H2,1H3,(H,20,21). The molecule has 0 radical (unpaired) electrons. The molecule has 1 aromatic carbocycles. The Morgan fingerprint density at radius 2 is 2.29 bits per heavy atom. The molecule has 21 heavy (non-hydrogen) atoms. The summed E-state index contributed by atoms with van der Waals surface area (Å²) in [5.74, 6) is 0.119. The second-order valence-electron chi connectivity index (χ2n) is 5.74. The molecule has 1 atom stereocenters. The zero-order valence-corrected chi connectivity index (χ0v) is 12.4. The minimum Gasteiger partial charge on any atom is -0.325 e. The number of fused-ring (bicyclic) bond motifs is 1. The van der Waals surface area contributed by atoms with Crippen molar-refractivity contribution in [1.82, 2.24) is 10.3 Å². The molecule has 2 heterocycles. The molecule has 1 aliphatic rings. The Hall–Kier alpha value is -1.94. The first kappa shape index (κ1) is 14.0. The van der Waals surface area contributed by atoms with Gasteiger partial charge in [-0.25, -0.2) is 0 Å². The van der Waals surface area contributed by atoms with E-state index in [1.54, 1.807) is 6.20 Å². The van der Waals surface area contributed by atoms with Crippen molar-refractivity contribution in [2.24, 2.45) is 5.41 Å². The predicted octanol–water partition coefficient (Wildman–Crippen LogP) is 2.95. The van der Waals surface area contributed by atoms with Gasteiger partial charge in [0.25, 0.3) is 0 Å². The Kier molecular flexibility index (Phi) is 3.88. The fourth-order valence-corrected chi connectivity index (χ4v) is 3.09. The SMILES string of the molecule is CCC1(C(=O)Nc2cccc3ncccc23)CCCNC1. The first-order chi connectivity index (χ1) is 10.2. The fourth-order valence-electron chi connectivity index (χ4n) is 3.09. The second-order valence-corrected chi connectivity index (χ2v) is 5.74. The van der Waals surface area contributed by atoms with Gasteiger partial charge < -0.3 is 10.6 Å². The van der Waals surface area contributed by atoms with E-state index in [0.717, 1.165) is 48.9 Å². The summed E-state index contributed by atoms with van der Waals surface area (Å²) in [4.78, 5) is 17.1. The lowest BCUT2D eigenvalue weighted by molar-refractivity contribution is -0.126. The van der Waals surface area contributed by atoms with Gasteiger partial charge in [0.2, 0.25) is 5.91 Å². The highest BCUT2D eigenvalue weighted by Gasteiger charge is 2.37. The van der Waals surface area contributed by atoms with Crippen LogP contribution in [0.25, 0.3) is 10.9 Å². The normalized spacial score (nSPS) is 22.1. The predicted molar refractivity (Wildman–Crippen MR) is 85.2 cm³/mol. The first-order valence-corrected chi connectivity index (χ1v) is 7.61. The average Bonchev–Trinajstić information content (AvgIpc) is 2.56. The summed E-state index contributed by atoms with van der Waals surface area (Å²) in [7, 11) is 0. The highest BCUT2D eigenvalue weighted by Crippen LogP contribution is 2.32. The van der Waals surface area contributed by atoms with Crippen molar-refractivity contribution in [3.05, 3.63) is 36.5 Å². The zero-order chi connectivity index (χ0) is 14.7. The van der Waals surface area contributed by atoms with Gasteiger partial charge in [0.1, 0.15) is 0 Å². The molecular formula is C17H21N3O. The smallest absolute Gasteiger partial charge is 0.231 e. The lowest BCUT2D eigenvalue weighted by atomic mass is 9.77. The van der Waals surface area contributed by atoms with Crippen LogP contribution in [0.4, 0.5) is 5.69 Å². The van der Waals surface area contributed by atoms with Crippen LogP contribution in [0.1, 0.15) is 26.2 Å². The van der Waals surface area contributed by atoms with Crippen LogP contribution >= 0.6 is 0 Å². The van der Waals surface area contributed by atoms with Gasteiger partial charge in [0.15, 0.2) is 0 Å². The summed E-state index contributed by atoms with van der Waals surface area (Å²) in [6.45, 7) is 3.86. The number of carbonyl (C=O) groups is 1. The van der Waals surface area contributed by atoms with E-state index in [1.807, 2.05) is 30.3 Å².